The standard InChI is InChI=1S/C13H12N4OS/c1-8-7-19-13(14-8)16-12(18)10-6-17-9(2)4-3-5-11(17)15-10/h3-7H,1-2H3,(H,14,16,18). The van der Waals surface area contributed by atoms with Crippen molar-refractivity contribution in [1.29, 1.82) is 0 Å². The average molecular weight is 272 g/mol. The zero-order chi connectivity index (χ0) is 13.4. The Morgan fingerprint density at radius 3 is 2.84 bits per heavy atom. The summed E-state index contributed by atoms with van der Waals surface area (Å²) in [6.45, 7) is 3.86. The zero-order valence-electron chi connectivity index (χ0n) is 10.5. The van der Waals surface area contributed by atoms with Crippen molar-refractivity contribution in [3.05, 3.63) is 46.9 Å². The van der Waals surface area contributed by atoms with Gasteiger partial charge < -0.3 is 4.40 Å². The van der Waals surface area contributed by atoms with Crippen LogP contribution in [0.5, 0.6) is 0 Å². The first-order valence-electron chi connectivity index (χ1n) is 5.82. The highest BCUT2D eigenvalue weighted by atomic mass is 32.1. The van der Waals surface area contributed by atoms with E-state index in [0.717, 1.165) is 17.0 Å². The van der Waals surface area contributed by atoms with Crippen LogP contribution in [0.3, 0.4) is 0 Å². The molecule has 0 unspecified atom stereocenters. The molecule has 0 saturated heterocycles. The third-order valence-corrected chi connectivity index (χ3v) is 3.64. The molecule has 3 heterocycles. The van der Waals surface area contributed by atoms with Crippen molar-refractivity contribution >= 4 is 28.0 Å². The number of carbonyl (C=O) groups is 1. The van der Waals surface area contributed by atoms with Gasteiger partial charge in [-0.2, -0.15) is 0 Å². The zero-order valence-corrected chi connectivity index (χ0v) is 11.4. The number of imidazole rings is 1. The van der Waals surface area contributed by atoms with Gasteiger partial charge in [-0.25, -0.2) is 9.97 Å². The van der Waals surface area contributed by atoms with Crippen LogP contribution in [0.15, 0.2) is 29.8 Å². The predicted molar refractivity (Wildman–Crippen MR) is 74.7 cm³/mol. The second-order valence-electron chi connectivity index (χ2n) is 4.27. The van der Waals surface area contributed by atoms with E-state index in [0.29, 0.717) is 10.8 Å². The molecule has 6 heteroatoms. The Hall–Kier alpha value is -2.21. The number of hydrogen-bond donors (Lipinski definition) is 1. The van der Waals surface area contributed by atoms with Crippen LogP contribution >= 0.6 is 11.3 Å². The Morgan fingerprint density at radius 1 is 1.32 bits per heavy atom. The summed E-state index contributed by atoms with van der Waals surface area (Å²) in [6.07, 6.45) is 1.74. The summed E-state index contributed by atoms with van der Waals surface area (Å²) in [5.74, 6) is -0.238. The maximum absolute atomic E-state index is 12.1. The average Bonchev–Trinajstić information content (AvgIpc) is 2.96. The molecule has 19 heavy (non-hydrogen) atoms. The van der Waals surface area contributed by atoms with Gasteiger partial charge in [0.25, 0.3) is 5.91 Å². The second kappa shape index (κ2) is 4.47. The van der Waals surface area contributed by atoms with Crippen molar-refractivity contribution in [1.82, 2.24) is 14.4 Å². The number of nitrogens with zero attached hydrogens (tertiary/aromatic N) is 3. The molecule has 96 valence electrons. The third-order valence-electron chi connectivity index (χ3n) is 2.77. The molecule has 0 aliphatic carbocycles. The van der Waals surface area contributed by atoms with E-state index in [1.807, 2.05) is 41.8 Å². The molecule has 0 spiro atoms. The number of thiazole rings is 1. The smallest absolute Gasteiger partial charge is 0.277 e. The Kier molecular flexibility index (Phi) is 2.79. The highest BCUT2D eigenvalue weighted by Crippen LogP contribution is 2.16. The van der Waals surface area contributed by atoms with Gasteiger partial charge in [0, 0.05) is 17.3 Å². The molecule has 0 radical (unpaired) electrons. The second-order valence-corrected chi connectivity index (χ2v) is 5.13. The molecule has 3 rings (SSSR count). The fourth-order valence-corrected chi connectivity index (χ4v) is 2.51. The van der Waals surface area contributed by atoms with Crippen molar-refractivity contribution in [2.45, 2.75) is 13.8 Å². The Labute approximate surface area is 113 Å². The summed E-state index contributed by atoms with van der Waals surface area (Å²) in [4.78, 5) is 20.6. The minimum absolute atomic E-state index is 0.238. The summed E-state index contributed by atoms with van der Waals surface area (Å²) in [5, 5.41) is 5.24. The molecular weight excluding hydrogens is 260 g/mol. The first-order chi connectivity index (χ1) is 9.13. The highest BCUT2D eigenvalue weighted by molar-refractivity contribution is 7.13. The number of anilines is 1. The van der Waals surface area contributed by atoms with E-state index in [9.17, 15) is 4.79 Å². The van der Waals surface area contributed by atoms with E-state index in [1.165, 1.54) is 11.3 Å². The molecule has 0 aromatic carbocycles. The van der Waals surface area contributed by atoms with Crippen LogP contribution < -0.4 is 5.32 Å². The van der Waals surface area contributed by atoms with E-state index >= 15 is 0 Å². The van der Waals surface area contributed by atoms with Crippen LogP contribution in [0.25, 0.3) is 5.65 Å². The molecule has 0 fully saturated rings. The summed E-state index contributed by atoms with van der Waals surface area (Å²) in [5.41, 5.74) is 3.09. The van der Waals surface area contributed by atoms with E-state index in [-0.39, 0.29) is 5.91 Å². The van der Waals surface area contributed by atoms with Gasteiger partial charge in [-0.3, -0.25) is 10.1 Å². The Balaban J connectivity index is 1.91. The van der Waals surface area contributed by atoms with Gasteiger partial charge in [-0.1, -0.05) is 6.07 Å². The van der Waals surface area contributed by atoms with Crippen LogP contribution in [0.1, 0.15) is 21.9 Å². The van der Waals surface area contributed by atoms with Gasteiger partial charge in [-0.15, -0.1) is 11.3 Å². The van der Waals surface area contributed by atoms with Crippen LogP contribution in [-0.2, 0) is 0 Å². The Bertz CT molecular complexity index is 759. The van der Waals surface area contributed by atoms with Gasteiger partial charge in [0.1, 0.15) is 11.3 Å². The number of carbonyl (C=O) groups excluding carboxylic acids is 1. The lowest BCUT2D eigenvalue weighted by atomic mass is 10.4. The maximum atomic E-state index is 12.1. The number of aromatic nitrogens is 3. The first-order valence-corrected chi connectivity index (χ1v) is 6.69. The quantitative estimate of drug-likeness (QED) is 0.780. The van der Waals surface area contributed by atoms with Crippen LogP contribution in [-0.4, -0.2) is 20.3 Å². The number of aryl methyl sites for hydroxylation is 2. The molecule has 0 aliphatic rings. The molecule has 0 atom stereocenters. The molecule has 0 aliphatic heterocycles. The monoisotopic (exact) mass is 272 g/mol. The van der Waals surface area contributed by atoms with Crippen LogP contribution in [0.4, 0.5) is 5.13 Å². The Morgan fingerprint density at radius 2 is 2.16 bits per heavy atom. The van der Waals surface area contributed by atoms with E-state index in [4.69, 9.17) is 0 Å². The van der Waals surface area contributed by atoms with Gasteiger partial charge in [-0.05, 0) is 26.0 Å². The van der Waals surface area contributed by atoms with Crippen LogP contribution in [0.2, 0.25) is 0 Å². The number of nitrogens with one attached hydrogen (secondary N) is 1. The number of fused-ring (bicyclic) bond motifs is 1. The van der Waals surface area contributed by atoms with E-state index in [1.54, 1.807) is 6.20 Å². The molecule has 0 bridgehead atoms. The van der Waals surface area contributed by atoms with Gasteiger partial charge >= 0.3 is 0 Å². The molecule has 3 aromatic heterocycles. The number of amides is 1. The lowest BCUT2D eigenvalue weighted by molar-refractivity contribution is 0.102. The number of hydrogen-bond acceptors (Lipinski definition) is 4. The van der Waals surface area contributed by atoms with Crippen molar-refractivity contribution in [3.8, 4) is 0 Å². The van der Waals surface area contributed by atoms with Crippen molar-refractivity contribution < 1.29 is 4.79 Å². The predicted octanol–water partition coefficient (Wildman–Crippen LogP) is 2.66. The van der Waals surface area contributed by atoms with Crippen LogP contribution in [0, 0.1) is 13.8 Å². The van der Waals surface area contributed by atoms with E-state index < -0.39 is 0 Å². The number of rotatable bonds is 2. The molecule has 3 aromatic rings. The molecule has 0 saturated carbocycles. The van der Waals surface area contributed by atoms with Gasteiger partial charge in [0.05, 0.1) is 5.69 Å². The fraction of sp³-hybridized carbons (Fsp3) is 0.154. The maximum Gasteiger partial charge on any atom is 0.277 e. The summed E-state index contributed by atoms with van der Waals surface area (Å²) in [6, 6.07) is 5.77. The van der Waals surface area contributed by atoms with Crippen molar-refractivity contribution in [2.24, 2.45) is 0 Å². The lowest BCUT2D eigenvalue weighted by Gasteiger charge is -1.97. The van der Waals surface area contributed by atoms with Gasteiger partial charge in [0.2, 0.25) is 0 Å². The fourth-order valence-electron chi connectivity index (χ4n) is 1.83. The number of pyridine rings is 1. The third kappa shape index (κ3) is 2.22. The highest BCUT2D eigenvalue weighted by Gasteiger charge is 2.12. The molecule has 1 amide bonds. The summed E-state index contributed by atoms with van der Waals surface area (Å²) >= 11 is 1.40. The van der Waals surface area contributed by atoms with Gasteiger partial charge in [0.15, 0.2) is 5.13 Å². The minimum atomic E-state index is -0.238. The first kappa shape index (κ1) is 11.9. The lowest BCUT2D eigenvalue weighted by Crippen LogP contribution is -2.12. The molecular formula is C13H12N4OS. The minimum Gasteiger partial charge on any atom is -0.304 e. The normalized spacial score (nSPS) is 10.8. The van der Waals surface area contributed by atoms with Crippen molar-refractivity contribution in [2.75, 3.05) is 5.32 Å². The largest absolute Gasteiger partial charge is 0.304 e. The summed E-state index contributed by atoms with van der Waals surface area (Å²) in [7, 11) is 0. The van der Waals surface area contributed by atoms with Crippen molar-refractivity contribution in [3.63, 3.8) is 0 Å². The molecule has 1 N–H and O–H groups in total. The van der Waals surface area contributed by atoms with E-state index in [2.05, 4.69) is 15.3 Å². The molecule has 5 nitrogen and oxygen atoms in total. The topological polar surface area (TPSA) is 59.3 Å². The SMILES string of the molecule is Cc1csc(NC(=O)c2cn3c(C)cccc3n2)n1. The summed E-state index contributed by atoms with van der Waals surface area (Å²) < 4.78 is 1.89.